The molecule has 0 atom stereocenters. The molecule has 0 saturated heterocycles. The standard InChI is InChI=1S/C12H9ClOS/c13-10-6-8-11(9-7-10)14-15-12-4-2-1-3-5-12/h1-9H. The van der Waals surface area contributed by atoms with E-state index in [9.17, 15) is 0 Å². The van der Waals surface area contributed by atoms with Gasteiger partial charge in [0, 0.05) is 9.92 Å². The molecule has 2 aromatic rings. The van der Waals surface area contributed by atoms with E-state index in [1.54, 1.807) is 0 Å². The van der Waals surface area contributed by atoms with Gasteiger partial charge in [-0.05, 0) is 36.4 Å². The molecule has 0 aliphatic rings. The van der Waals surface area contributed by atoms with Gasteiger partial charge in [0.05, 0.1) is 12.0 Å². The van der Waals surface area contributed by atoms with Gasteiger partial charge in [-0.25, -0.2) is 0 Å². The van der Waals surface area contributed by atoms with Gasteiger partial charge >= 0.3 is 0 Å². The van der Waals surface area contributed by atoms with Crippen molar-refractivity contribution in [3.8, 4) is 5.75 Å². The first-order valence-electron chi connectivity index (χ1n) is 4.50. The molecule has 0 unspecified atom stereocenters. The molecule has 15 heavy (non-hydrogen) atoms. The Hall–Kier alpha value is -1.12. The average Bonchev–Trinajstić information content (AvgIpc) is 2.30. The predicted octanol–water partition coefficient (Wildman–Crippen LogP) is 4.43. The van der Waals surface area contributed by atoms with Gasteiger partial charge in [-0.1, -0.05) is 29.8 Å². The third-order valence-electron chi connectivity index (χ3n) is 1.79. The average molecular weight is 237 g/mol. The molecule has 0 amide bonds. The second-order valence-corrected chi connectivity index (χ2v) is 4.17. The summed E-state index contributed by atoms with van der Waals surface area (Å²) in [6.07, 6.45) is 0. The second-order valence-electron chi connectivity index (χ2n) is 2.93. The Labute approximate surface area is 98.2 Å². The van der Waals surface area contributed by atoms with Crippen molar-refractivity contribution >= 4 is 23.6 Å². The fourth-order valence-electron chi connectivity index (χ4n) is 1.06. The quantitative estimate of drug-likeness (QED) is 0.730. The first kappa shape index (κ1) is 10.4. The number of rotatable bonds is 3. The second kappa shape index (κ2) is 5.10. The van der Waals surface area contributed by atoms with Gasteiger partial charge in [0.25, 0.3) is 0 Å². The fraction of sp³-hybridized carbons (Fsp3) is 0. The van der Waals surface area contributed by atoms with Crippen LogP contribution in [0.15, 0.2) is 59.5 Å². The van der Waals surface area contributed by atoms with Crippen molar-refractivity contribution in [1.29, 1.82) is 0 Å². The molecule has 0 aliphatic heterocycles. The molecule has 0 saturated carbocycles. The molecule has 0 fully saturated rings. The summed E-state index contributed by atoms with van der Waals surface area (Å²) < 4.78 is 5.51. The lowest BCUT2D eigenvalue weighted by Gasteiger charge is -2.03. The molecule has 0 N–H and O–H groups in total. The Morgan fingerprint density at radius 1 is 0.867 bits per heavy atom. The molecule has 0 aliphatic carbocycles. The minimum atomic E-state index is 0.715. The highest BCUT2D eigenvalue weighted by Crippen LogP contribution is 2.24. The Morgan fingerprint density at radius 2 is 1.53 bits per heavy atom. The summed E-state index contributed by atoms with van der Waals surface area (Å²) in [5.41, 5.74) is 0. The van der Waals surface area contributed by atoms with Gasteiger partial charge in [-0.15, -0.1) is 0 Å². The van der Waals surface area contributed by atoms with Crippen LogP contribution in [0.1, 0.15) is 0 Å². The normalized spacial score (nSPS) is 9.93. The van der Waals surface area contributed by atoms with E-state index in [1.165, 1.54) is 12.0 Å². The van der Waals surface area contributed by atoms with Gasteiger partial charge in [-0.2, -0.15) is 0 Å². The predicted molar refractivity (Wildman–Crippen MR) is 64.4 cm³/mol. The zero-order chi connectivity index (χ0) is 10.5. The minimum Gasteiger partial charge on any atom is -0.421 e. The summed E-state index contributed by atoms with van der Waals surface area (Å²) in [6.45, 7) is 0. The highest BCUT2D eigenvalue weighted by Gasteiger charge is 1.96. The summed E-state index contributed by atoms with van der Waals surface area (Å²) in [5, 5.41) is 0.715. The van der Waals surface area contributed by atoms with Crippen LogP contribution in [0.5, 0.6) is 5.75 Å². The first-order valence-corrected chi connectivity index (χ1v) is 5.62. The van der Waals surface area contributed by atoms with Crippen LogP contribution < -0.4 is 4.18 Å². The Morgan fingerprint density at radius 3 is 2.20 bits per heavy atom. The van der Waals surface area contributed by atoms with E-state index in [-0.39, 0.29) is 0 Å². The molecule has 0 bridgehead atoms. The van der Waals surface area contributed by atoms with Crippen molar-refractivity contribution in [2.75, 3.05) is 0 Å². The first-order chi connectivity index (χ1) is 7.34. The molecule has 0 heterocycles. The highest BCUT2D eigenvalue weighted by atomic mass is 35.5. The van der Waals surface area contributed by atoms with Crippen molar-refractivity contribution in [2.45, 2.75) is 4.90 Å². The smallest absolute Gasteiger partial charge is 0.137 e. The molecule has 0 radical (unpaired) electrons. The summed E-state index contributed by atoms with van der Waals surface area (Å²) in [5.74, 6) is 0.799. The van der Waals surface area contributed by atoms with E-state index in [1.807, 2.05) is 54.6 Å². The number of hydrogen-bond acceptors (Lipinski definition) is 2. The van der Waals surface area contributed by atoms with Gasteiger partial charge in [0.2, 0.25) is 0 Å². The van der Waals surface area contributed by atoms with Crippen molar-refractivity contribution in [3.05, 3.63) is 59.6 Å². The van der Waals surface area contributed by atoms with Crippen molar-refractivity contribution in [1.82, 2.24) is 0 Å². The zero-order valence-electron chi connectivity index (χ0n) is 7.89. The van der Waals surface area contributed by atoms with E-state index in [0.717, 1.165) is 10.6 Å². The van der Waals surface area contributed by atoms with Gasteiger partial charge in [0.1, 0.15) is 5.75 Å². The maximum Gasteiger partial charge on any atom is 0.137 e. The lowest BCUT2D eigenvalue weighted by molar-refractivity contribution is 0.646. The van der Waals surface area contributed by atoms with Crippen LogP contribution in [-0.4, -0.2) is 0 Å². The van der Waals surface area contributed by atoms with Gasteiger partial charge < -0.3 is 4.18 Å². The van der Waals surface area contributed by atoms with E-state index in [4.69, 9.17) is 15.8 Å². The van der Waals surface area contributed by atoms with E-state index in [2.05, 4.69) is 0 Å². The van der Waals surface area contributed by atoms with Crippen molar-refractivity contribution in [3.63, 3.8) is 0 Å². The summed E-state index contributed by atoms with van der Waals surface area (Å²) >= 11 is 7.10. The fourth-order valence-corrected chi connectivity index (χ4v) is 1.76. The summed E-state index contributed by atoms with van der Waals surface area (Å²) in [4.78, 5) is 1.08. The molecule has 2 rings (SSSR count). The van der Waals surface area contributed by atoms with Gasteiger partial charge in [-0.3, -0.25) is 0 Å². The SMILES string of the molecule is Clc1ccc(OSc2ccccc2)cc1. The minimum absolute atomic E-state index is 0.715. The highest BCUT2D eigenvalue weighted by molar-refractivity contribution is 7.95. The lowest BCUT2D eigenvalue weighted by atomic mass is 10.3. The molecule has 3 heteroatoms. The zero-order valence-corrected chi connectivity index (χ0v) is 9.46. The number of benzene rings is 2. The van der Waals surface area contributed by atoms with Crippen molar-refractivity contribution in [2.24, 2.45) is 0 Å². The van der Waals surface area contributed by atoms with Crippen LogP contribution in [0, 0.1) is 0 Å². The van der Waals surface area contributed by atoms with Crippen LogP contribution >= 0.6 is 23.6 Å². The largest absolute Gasteiger partial charge is 0.421 e. The lowest BCUT2D eigenvalue weighted by Crippen LogP contribution is -1.80. The third kappa shape index (κ3) is 3.18. The topological polar surface area (TPSA) is 9.23 Å². The van der Waals surface area contributed by atoms with Crippen LogP contribution in [0.4, 0.5) is 0 Å². The maximum absolute atomic E-state index is 5.77. The summed E-state index contributed by atoms with van der Waals surface area (Å²) in [7, 11) is 0. The maximum atomic E-state index is 5.77. The Bertz CT molecular complexity index is 413. The molecule has 76 valence electrons. The van der Waals surface area contributed by atoms with Crippen LogP contribution in [0.2, 0.25) is 5.02 Å². The number of halogens is 1. The number of hydrogen-bond donors (Lipinski definition) is 0. The van der Waals surface area contributed by atoms with Crippen molar-refractivity contribution < 1.29 is 4.18 Å². The van der Waals surface area contributed by atoms with Crippen LogP contribution in [-0.2, 0) is 0 Å². The molecule has 2 aromatic carbocycles. The van der Waals surface area contributed by atoms with Crippen LogP contribution in [0.3, 0.4) is 0 Å². The van der Waals surface area contributed by atoms with E-state index in [0.29, 0.717) is 5.02 Å². The molecular weight excluding hydrogens is 228 g/mol. The summed E-state index contributed by atoms with van der Waals surface area (Å²) in [6, 6.07) is 17.2. The monoisotopic (exact) mass is 236 g/mol. The molecule has 1 nitrogen and oxygen atoms in total. The van der Waals surface area contributed by atoms with Crippen LogP contribution in [0.25, 0.3) is 0 Å². The van der Waals surface area contributed by atoms with Gasteiger partial charge in [0.15, 0.2) is 0 Å². The Balaban J connectivity index is 1.96. The Kier molecular flexibility index (Phi) is 3.54. The molecule has 0 aromatic heterocycles. The van der Waals surface area contributed by atoms with E-state index < -0.39 is 0 Å². The molecule has 0 spiro atoms. The third-order valence-corrected chi connectivity index (χ3v) is 2.78. The van der Waals surface area contributed by atoms with E-state index >= 15 is 0 Å². The molecular formula is C12H9ClOS.